The van der Waals surface area contributed by atoms with E-state index in [1.807, 2.05) is 55.5 Å². The molecule has 1 fully saturated rings. The van der Waals surface area contributed by atoms with Crippen molar-refractivity contribution >= 4 is 23.2 Å². The largest absolute Gasteiger partial charge is 0.368 e. The Morgan fingerprint density at radius 1 is 1.00 bits per heavy atom. The van der Waals surface area contributed by atoms with Crippen molar-refractivity contribution in [3.8, 4) is 0 Å². The highest BCUT2D eigenvalue weighted by molar-refractivity contribution is 6.30. The van der Waals surface area contributed by atoms with Crippen LogP contribution in [0.1, 0.15) is 21.6 Å². The molecule has 154 valence electrons. The summed E-state index contributed by atoms with van der Waals surface area (Å²) in [6.07, 6.45) is 0. The van der Waals surface area contributed by atoms with Crippen LogP contribution in [0.15, 0.2) is 65.5 Å². The van der Waals surface area contributed by atoms with Crippen molar-refractivity contribution < 1.29 is 4.79 Å². The highest BCUT2D eigenvalue weighted by Gasteiger charge is 2.24. The standard InChI is InChI=1S/C23H23ClN4O2/c1-17-5-7-18(8-6-17)16-28-22(29)10-9-21(25-28)23(30)27-13-11-26(12-14-27)20-4-2-3-19(24)15-20/h2-10,15H,11-14,16H2,1H3. The summed E-state index contributed by atoms with van der Waals surface area (Å²) in [6, 6.07) is 18.6. The Hall–Kier alpha value is -3.12. The summed E-state index contributed by atoms with van der Waals surface area (Å²) in [6.45, 7) is 4.96. The normalized spacial score (nSPS) is 14.1. The molecule has 1 aliphatic rings. The van der Waals surface area contributed by atoms with E-state index in [-0.39, 0.29) is 17.2 Å². The third kappa shape index (κ3) is 4.54. The van der Waals surface area contributed by atoms with Crippen molar-refractivity contribution in [2.75, 3.05) is 31.1 Å². The van der Waals surface area contributed by atoms with Crippen LogP contribution in [-0.2, 0) is 6.54 Å². The molecule has 0 N–H and O–H groups in total. The molecular formula is C23H23ClN4O2. The Labute approximate surface area is 180 Å². The van der Waals surface area contributed by atoms with Crippen molar-refractivity contribution in [3.05, 3.63) is 92.9 Å². The highest BCUT2D eigenvalue weighted by Crippen LogP contribution is 2.21. The topological polar surface area (TPSA) is 58.4 Å². The molecule has 0 saturated carbocycles. The Morgan fingerprint density at radius 2 is 1.73 bits per heavy atom. The molecule has 1 amide bonds. The van der Waals surface area contributed by atoms with Gasteiger partial charge in [0, 0.05) is 43.0 Å². The predicted octanol–water partition coefficient (Wildman–Crippen LogP) is 3.22. The first-order valence-electron chi connectivity index (χ1n) is 9.93. The molecule has 6 nitrogen and oxygen atoms in total. The zero-order chi connectivity index (χ0) is 21.1. The first kappa shape index (κ1) is 20.2. The summed E-state index contributed by atoms with van der Waals surface area (Å²) in [5, 5.41) is 5.04. The first-order valence-corrected chi connectivity index (χ1v) is 10.3. The summed E-state index contributed by atoms with van der Waals surface area (Å²) in [4.78, 5) is 29.2. The molecule has 3 aromatic rings. The summed E-state index contributed by atoms with van der Waals surface area (Å²) in [5.41, 5.74) is 3.24. The van der Waals surface area contributed by atoms with Crippen molar-refractivity contribution in [3.63, 3.8) is 0 Å². The molecule has 2 heterocycles. The first-order chi connectivity index (χ1) is 14.5. The van der Waals surface area contributed by atoms with Crippen LogP contribution < -0.4 is 10.5 Å². The number of rotatable bonds is 4. The van der Waals surface area contributed by atoms with Crippen LogP contribution in [0.5, 0.6) is 0 Å². The summed E-state index contributed by atoms with van der Waals surface area (Å²) >= 11 is 6.09. The molecule has 7 heteroatoms. The lowest BCUT2D eigenvalue weighted by atomic mass is 10.1. The number of carbonyl (C=O) groups is 1. The van der Waals surface area contributed by atoms with Gasteiger partial charge in [-0.2, -0.15) is 5.10 Å². The molecule has 0 unspecified atom stereocenters. The van der Waals surface area contributed by atoms with Crippen molar-refractivity contribution in [1.82, 2.24) is 14.7 Å². The third-order valence-electron chi connectivity index (χ3n) is 5.28. The molecule has 1 aliphatic heterocycles. The van der Waals surface area contributed by atoms with Gasteiger partial charge in [0.15, 0.2) is 0 Å². The molecule has 4 rings (SSSR count). The number of nitrogens with zero attached hydrogens (tertiary/aromatic N) is 4. The third-order valence-corrected chi connectivity index (χ3v) is 5.51. The van der Waals surface area contributed by atoms with Crippen molar-refractivity contribution in [1.29, 1.82) is 0 Å². The van der Waals surface area contributed by atoms with Gasteiger partial charge in [0.25, 0.3) is 11.5 Å². The number of benzene rings is 2. The van der Waals surface area contributed by atoms with E-state index in [0.717, 1.165) is 29.9 Å². The van der Waals surface area contributed by atoms with Crippen LogP contribution in [0.2, 0.25) is 5.02 Å². The number of aryl methyl sites for hydroxylation is 1. The molecule has 0 bridgehead atoms. The monoisotopic (exact) mass is 422 g/mol. The number of hydrogen-bond donors (Lipinski definition) is 0. The maximum atomic E-state index is 13.0. The zero-order valence-corrected chi connectivity index (χ0v) is 17.5. The molecule has 0 atom stereocenters. The second kappa shape index (κ2) is 8.71. The van der Waals surface area contributed by atoms with Crippen LogP contribution in [-0.4, -0.2) is 46.8 Å². The van der Waals surface area contributed by atoms with Gasteiger partial charge >= 0.3 is 0 Å². The fraction of sp³-hybridized carbons (Fsp3) is 0.261. The average molecular weight is 423 g/mol. The maximum absolute atomic E-state index is 13.0. The summed E-state index contributed by atoms with van der Waals surface area (Å²) in [5.74, 6) is -0.154. The number of amides is 1. The average Bonchev–Trinajstić information content (AvgIpc) is 2.76. The lowest BCUT2D eigenvalue weighted by molar-refractivity contribution is 0.0738. The van der Waals surface area contributed by atoms with Crippen LogP contribution >= 0.6 is 11.6 Å². The minimum atomic E-state index is -0.224. The van der Waals surface area contributed by atoms with Gasteiger partial charge in [-0.25, -0.2) is 4.68 Å². The van der Waals surface area contributed by atoms with E-state index < -0.39 is 0 Å². The van der Waals surface area contributed by atoms with E-state index in [1.54, 1.807) is 4.90 Å². The quantitative estimate of drug-likeness (QED) is 0.647. The van der Waals surface area contributed by atoms with E-state index in [4.69, 9.17) is 11.6 Å². The summed E-state index contributed by atoms with van der Waals surface area (Å²) in [7, 11) is 0. The second-order valence-corrected chi connectivity index (χ2v) is 7.90. The van der Waals surface area contributed by atoms with E-state index in [1.165, 1.54) is 16.8 Å². The number of piperazine rings is 1. The van der Waals surface area contributed by atoms with E-state index in [9.17, 15) is 9.59 Å². The van der Waals surface area contributed by atoms with E-state index in [0.29, 0.717) is 24.7 Å². The Kier molecular flexibility index (Phi) is 5.86. The number of anilines is 1. The smallest absolute Gasteiger partial charge is 0.274 e. The Bertz CT molecular complexity index is 1100. The van der Waals surface area contributed by atoms with Crippen molar-refractivity contribution in [2.24, 2.45) is 0 Å². The minimum Gasteiger partial charge on any atom is -0.368 e. The van der Waals surface area contributed by atoms with Gasteiger partial charge in [-0.05, 0) is 36.8 Å². The number of carbonyl (C=O) groups excluding carboxylic acids is 1. The number of aromatic nitrogens is 2. The zero-order valence-electron chi connectivity index (χ0n) is 16.8. The van der Waals surface area contributed by atoms with Crippen LogP contribution in [0.4, 0.5) is 5.69 Å². The van der Waals surface area contributed by atoms with Gasteiger partial charge < -0.3 is 9.80 Å². The molecule has 0 spiro atoms. The Balaban J connectivity index is 1.45. The fourth-order valence-corrected chi connectivity index (χ4v) is 3.73. The lowest BCUT2D eigenvalue weighted by Crippen LogP contribution is -2.49. The molecule has 2 aromatic carbocycles. The molecular weight excluding hydrogens is 400 g/mol. The predicted molar refractivity (Wildman–Crippen MR) is 118 cm³/mol. The van der Waals surface area contributed by atoms with Crippen molar-refractivity contribution in [2.45, 2.75) is 13.5 Å². The molecule has 0 radical (unpaired) electrons. The SMILES string of the molecule is Cc1ccc(Cn2nc(C(=O)N3CCN(c4cccc(Cl)c4)CC3)ccc2=O)cc1. The molecule has 1 saturated heterocycles. The van der Waals surface area contributed by atoms with Crippen LogP contribution in [0.3, 0.4) is 0 Å². The van der Waals surface area contributed by atoms with E-state index >= 15 is 0 Å². The fourth-order valence-electron chi connectivity index (χ4n) is 3.55. The van der Waals surface area contributed by atoms with E-state index in [2.05, 4.69) is 10.00 Å². The lowest BCUT2D eigenvalue weighted by Gasteiger charge is -2.36. The van der Waals surface area contributed by atoms with Gasteiger partial charge in [-0.15, -0.1) is 0 Å². The Morgan fingerprint density at radius 3 is 2.43 bits per heavy atom. The summed E-state index contributed by atoms with van der Waals surface area (Å²) < 4.78 is 1.35. The van der Waals surface area contributed by atoms with Gasteiger partial charge in [0.1, 0.15) is 5.69 Å². The van der Waals surface area contributed by atoms with Gasteiger partial charge in [-0.1, -0.05) is 47.5 Å². The number of hydrogen-bond acceptors (Lipinski definition) is 4. The minimum absolute atomic E-state index is 0.154. The molecule has 1 aromatic heterocycles. The number of halogens is 1. The van der Waals surface area contributed by atoms with Crippen LogP contribution in [0, 0.1) is 6.92 Å². The maximum Gasteiger partial charge on any atom is 0.274 e. The van der Waals surface area contributed by atoms with Gasteiger partial charge in [0.2, 0.25) is 0 Å². The van der Waals surface area contributed by atoms with Gasteiger partial charge in [-0.3, -0.25) is 9.59 Å². The van der Waals surface area contributed by atoms with Gasteiger partial charge in [0.05, 0.1) is 6.54 Å². The molecule has 0 aliphatic carbocycles. The second-order valence-electron chi connectivity index (χ2n) is 7.46. The molecule has 30 heavy (non-hydrogen) atoms. The highest BCUT2D eigenvalue weighted by atomic mass is 35.5. The van der Waals surface area contributed by atoms with Crippen LogP contribution in [0.25, 0.3) is 0 Å².